The van der Waals surface area contributed by atoms with Crippen molar-refractivity contribution in [1.82, 2.24) is 35.5 Å². The lowest BCUT2D eigenvalue weighted by atomic mass is 10.1. The summed E-state index contributed by atoms with van der Waals surface area (Å²) in [7, 11) is 0. The van der Waals surface area contributed by atoms with Crippen LogP contribution in [0.25, 0.3) is 23.0 Å². The van der Waals surface area contributed by atoms with Crippen LogP contribution in [0.2, 0.25) is 0 Å². The first-order chi connectivity index (χ1) is 18.7. The van der Waals surface area contributed by atoms with Crippen molar-refractivity contribution in [3.8, 4) is 23.0 Å². The van der Waals surface area contributed by atoms with Crippen molar-refractivity contribution in [2.45, 2.75) is 12.6 Å². The minimum absolute atomic E-state index is 0.160. The maximum Gasteiger partial charge on any atom is 0.266 e. The summed E-state index contributed by atoms with van der Waals surface area (Å²) in [6.45, 7) is 0.183. The van der Waals surface area contributed by atoms with E-state index in [4.69, 9.17) is 4.42 Å². The molecule has 12 heteroatoms. The summed E-state index contributed by atoms with van der Waals surface area (Å²) in [5, 5.41) is 27.7. The minimum atomic E-state index is -0.420. The first-order valence-electron chi connectivity index (χ1n) is 11.8. The number of hydrogen-bond acceptors (Lipinski definition) is 11. The number of hydrogen-bond donors (Lipinski definition) is 4. The van der Waals surface area contributed by atoms with E-state index in [9.17, 15) is 9.90 Å². The molecule has 0 saturated heterocycles. The first kappa shape index (κ1) is 23.2. The molecule has 0 spiro atoms. The molecule has 6 rings (SSSR count). The number of pyridine rings is 2. The normalized spacial score (nSPS) is 13.0. The standard InChI is InChI=1S/C26H21N9O3/c36-14-21(15-6-2-1-3-7-15)31-19-10-22(33-26-30-11-16-20(32-26)13-29-23(16)37)28-12-17(19)24-34-35-25(38-24)18-8-4-5-9-27-18/h1-12,21,36H,13-14H2,(H,29,37)(H2,28,30,31,32,33)/t21-/m1/s1. The van der Waals surface area contributed by atoms with E-state index >= 15 is 0 Å². The van der Waals surface area contributed by atoms with Crippen LogP contribution in [0.3, 0.4) is 0 Å². The van der Waals surface area contributed by atoms with Crippen molar-refractivity contribution in [3.63, 3.8) is 0 Å². The third-order valence-corrected chi connectivity index (χ3v) is 5.93. The van der Waals surface area contributed by atoms with Gasteiger partial charge in [-0.25, -0.2) is 15.0 Å². The van der Waals surface area contributed by atoms with Gasteiger partial charge in [0.15, 0.2) is 0 Å². The quantitative estimate of drug-likeness (QED) is 0.244. The number of anilines is 3. The molecule has 0 saturated carbocycles. The van der Waals surface area contributed by atoms with Crippen LogP contribution in [0.5, 0.6) is 0 Å². The highest BCUT2D eigenvalue weighted by atomic mass is 16.4. The molecule has 5 heterocycles. The fraction of sp³-hybridized carbons (Fsp3) is 0.115. The highest BCUT2D eigenvalue weighted by Gasteiger charge is 2.22. The van der Waals surface area contributed by atoms with Crippen LogP contribution < -0.4 is 16.0 Å². The molecule has 0 radical (unpaired) electrons. The lowest BCUT2D eigenvalue weighted by molar-refractivity contribution is 0.0965. The predicted octanol–water partition coefficient (Wildman–Crippen LogP) is 3.12. The van der Waals surface area contributed by atoms with Crippen molar-refractivity contribution in [1.29, 1.82) is 0 Å². The molecule has 4 N–H and O–H groups in total. The van der Waals surface area contributed by atoms with Crippen molar-refractivity contribution >= 4 is 23.4 Å². The SMILES string of the molecule is O=C1NCc2nc(Nc3cc(N[C@H](CO)c4ccccc4)c(-c4nnc(-c5ccccn5)o4)cn3)ncc21. The van der Waals surface area contributed by atoms with Crippen LogP contribution in [0.15, 0.2) is 77.6 Å². The molecule has 1 aromatic carbocycles. The van der Waals surface area contributed by atoms with Gasteiger partial charge in [0.2, 0.25) is 5.95 Å². The molecule has 0 fully saturated rings. The number of benzene rings is 1. The monoisotopic (exact) mass is 507 g/mol. The van der Waals surface area contributed by atoms with Crippen LogP contribution in [-0.4, -0.2) is 47.8 Å². The number of rotatable bonds is 8. The molecule has 1 atom stereocenters. The van der Waals surface area contributed by atoms with Crippen LogP contribution >= 0.6 is 0 Å². The largest absolute Gasteiger partial charge is 0.414 e. The number of nitrogens with zero attached hydrogens (tertiary/aromatic N) is 6. The van der Waals surface area contributed by atoms with Gasteiger partial charge in [-0.1, -0.05) is 36.4 Å². The molecule has 12 nitrogen and oxygen atoms in total. The second-order valence-electron chi connectivity index (χ2n) is 8.39. The number of fused-ring (bicyclic) bond motifs is 1. The third kappa shape index (κ3) is 4.63. The van der Waals surface area contributed by atoms with Crippen molar-refractivity contribution < 1.29 is 14.3 Å². The Hall–Kier alpha value is -5.23. The number of aliphatic hydroxyl groups is 1. The Labute approximate surface area is 216 Å². The second kappa shape index (κ2) is 10.0. The van der Waals surface area contributed by atoms with Gasteiger partial charge in [0.05, 0.1) is 41.7 Å². The van der Waals surface area contributed by atoms with Gasteiger partial charge in [-0.05, 0) is 17.7 Å². The maximum absolute atomic E-state index is 11.8. The van der Waals surface area contributed by atoms with E-state index in [-0.39, 0.29) is 24.3 Å². The molecule has 5 aromatic rings. The van der Waals surface area contributed by atoms with Crippen LogP contribution in [0, 0.1) is 0 Å². The van der Waals surface area contributed by atoms with Crippen LogP contribution in [0.4, 0.5) is 17.5 Å². The summed E-state index contributed by atoms with van der Waals surface area (Å²) in [6, 6.07) is 16.3. The Morgan fingerprint density at radius 3 is 2.61 bits per heavy atom. The Morgan fingerprint density at radius 1 is 0.974 bits per heavy atom. The smallest absolute Gasteiger partial charge is 0.266 e. The van der Waals surface area contributed by atoms with Gasteiger partial charge in [0.1, 0.15) is 11.5 Å². The van der Waals surface area contributed by atoms with Crippen LogP contribution in [-0.2, 0) is 6.54 Å². The second-order valence-corrected chi connectivity index (χ2v) is 8.39. The number of nitrogens with one attached hydrogen (secondary N) is 3. The molecule has 0 aliphatic carbocycles. The third-order valence-electron chi connectivity index (χ3n) is 5.93. The zero-order chi connectivity index (χ0) is 25.9. The lowest BCUT2D eigenvalue weighted by Crippen LogP contribution is -2.15. The topological polar surface area (TPSA) is 164 Å². The molecule has 1 aliphatic rings. The number of aliphatic hydroxyl groups excluding tert-OH is 1. The molecular weight excluding hydrogens is 486 g/mol. The Morgan fingerprint density at radius 2 is 1.79 bits per heavy atom. The number of aromatic nitrogens is 6. The lowest BCUT2D eigenvalue weighted by Gasteiger charge is -2.20. The highest BCUT2D eigenvalue weighted by molar-refractivity contribution is 5.97. The summed E-state index contributed by atoms with van der Waals surface area (Å²) in [6.07, 6.45) is 4.71. The predicted molar refractivity (Wildman–Crippen MR) is 137 cm³/mol. The summed E-state index contributed by atoms with van der Waals surface area (Å²) in [5.41, 5.74) is 3.62. The molecule has 0 bridgehead atoms. The van der Waals surface area contributed by atoms with Gasteiger partial charge in [0, 0.05) is 24.7 Å². The van der Waals surface area contributed by atoms with Gasteiger partial charge in [-0.3, -0.25) is 9.78 Å². The number of carbonyl (C=O) groups is 1. The Kier molecular flexibility index (Phi) is 6.12. The average Bonchev–Trinajstić information content (AvgIpc) is 3.60. The van der Waals surface area contributed by atoms with E-state index in [1.165, 1.54) is 6.20 Å². The average molecular weight is 508 g/mol. The van der Waals surface area contributed by atoms with E-state index in [1.807, 2.05) is 36.4 Å². The molecule has 38 heavy (non-hydrogen) atoms. The molecule has 4 aromatic heterocycles. The summed E-state index contributed by atoms with van der Waals surface area (Å²) in [5.74, 6) is 1.03. The highest BCUT2D eigenvalue weighted by Crippen LogP contribution is 2.33. The minimum Gasteiger partial charge on any atom is -0.414 e. The molecule has 1 amide bonds. The Balaban J connectivity index is 1.35. The maximum atomic E-state index is 11.8. The number of carbonyl (C=O) groups excluding carboxylic acids is 1. The zero-order valence-electron chi connectivity index (χ0n) is 19.9. The molecular formula is C26H21N9O3. The molecule has 188 valence electrons. The van der Waals surface area contributed by atoms with Gasteiger partial charge < -0.3 is 25.5 Å². The van der Waals surface area contributed by atoms with Gasteiger partial charge in [-0.2, -0.15) is 0 Å². The number of amides is 1. The zero-order valence-corrected chi connectivity index (χ0v) is 19.9. The van der Waals surface area contributed by atoms with E-state index < -0.39 is 6.04 Å². The summed E-state index contributed by atoms with van der Waals surface area (Å²) in [4.78, 5) is 29.2. The molecule has 0 unspecified atom stereocenters. The van der Waals surface area contributed by atoms with Crippen molar-refractivity contribution in [2.75, 3.05) is 17.2 Å². The van der Waals surface area contributed by atoms with Gasteiger partial charge in [0.25, 0.3) is 17.7 Å². The van der Waals surface area contributed by atoms with E-state index in [1.54, 1.807) is 30.6 Å². The van der Waals surface area contributed by atoms with Gasteiger partial charge in [-0.15, -0.1) is 10.2 Å². The fourth-order valence-electron chi connectivity index (χ4n) is 4.02. The fourth-order valence-corrected chi connectivity index (χ4v) is 4.02. The summed E-state index contributed by atoms with van der Waals surface area (Å²) >= 11 is 0. The Bertz CT molecular complexity index is 1590. The first-order valence-corrected chi connectivity index (χ1v) is 11.8. The van der Waals surface area contributed by atoms with Crippen molar-refractivity contribution in [3.05, 3.63) is 90.0 Å². The van der Waals surface area contributed by atoms with Gasteiger partial charge >= 0.3 is 0 Å². The van der Waals surface area contributed by atoms with E-state index in [0.717, 1.165) is 5.56 Å². The summed E-state index contributed by atoms with van der Waals surface area (Å²) < 4.78 is 5.92. The molecule has 1 aliphatic heterocycles. The van der Waals surface area contributed by atoms with Crippen molar-refractivity contribution in [2.24, 2.45) is 0 Å². The van der Waals surface area contributed by atoms with E-state index in [0.29, 0.717) is 46.5 Å². The van der Waals surface area contributed by atoms with Crippen LogP contribution in [0.1, 0.15) is 27.7 Å². The van der Waals surface area contributed by atoms with E-state index in [2.05, 4.69) is 46.1 Å².